The van der Waals surface area contributed by atoms with Crippen LogP contribution in [0, 0.1) is 0 Å². The molecular formula is C15H23NO2. The van der Waals surface area contributed by atoms with Crippen LogP contribution in [0.5, 0.6) is 5.75 Å². The number of benzene rings is 1. The molecule has 1 heterocycles. The van der Waals surface area contributed by atoms with Crippen molar-refractivity contribution in [2.24, 2.45) is 0 Å². The van der Waals surface area contributed by atoms with E-state index < -0.39 is 0 Å². The van der Waals surface area contributed by atoms with Crippen LogP contribution < -0.4 is 0 Å². The summed E-state index contributed by atoms with van der Waals surface area (Å²) in [5, 5.41) is 9.53. The Bertz CT molecular complexity index is 373. The molecule has 1 aliphatic heterocycles. The van der Waals surface area contributed by atoms with Gasteiger partial charge in [-0.1, -0.05) is 12.1 Å². The fraction of sp³-hybridized carbons (Fsp3) is 0.600. The normalized spacial score (nSPS) is 19.9. The van der Waals surface area contributed by atoms with Crippen LogP contribution in [-0.4, -0.2) is 35.8 Å². The minimum Gasteiger partial charge on any atom is -0.508 e. The maximum Gasteiger partial charge on any atom is 0.115 e. The van der Waals surface area contributed by atoms with Crippen molar-refractivity contribution in [3.05, 3.63) is 29.8 Å². The lowest BCUT2D eigenvalue weighted by molar-refractivity contribution is 0.00553. The molecule has 1 saturated heterocycles. The SMILES string of the molecule is CCOC1CCN(C(C)c2cccc(O)c2)CC1. The summed E-state index contributed by atoms with van der Waals surface area (Å²) in [6.07, 6.45) is 2.65. The van der Waals surface area contributed by atoms with Crippen molar-refractivity contribution in [1.82, 2.24) is 4.90 Å². The third kappa shape index (κ3) is 3.24. The second-order valence-electron chi connectivity index (χ2n) is 4.96. The Hall–Kier alpha value is -1.06. The van der Waals surface area contributed by atoms with Gasteiger partial charge in [0.15, 0.2) is 0 Å². The molecule has 2 rings (SSSR count). The molecular weight excluding hydrogens is 226 g/mol. The van der Waals surface area contributed by atoms with Crippen molar-refractivity contribution in [3.8, 4) is 5.75 Å². The van der Waals surface area contributed by atoms with Gasteiger partial charge < -0.3 is 9.84 Å². The molecule has 1 atom stereocenters. The summed E-state index contributed by atoms with van der Waals surface area (Å²) in [6, 6.07) is 7.93. The summed E-state index contributed by atoms with van der Waals surface area (Å²) in [6.45, 7) is 7.22. The number of hydrogen-bond acceptors (Lipinski definition) is 3. The van der Waals surface area contributed by atoms with E-state index in [4.69, 9.17) is 4.74 Å². The van der Waals surface area contributed by atoms with Gasteiger partial charge >= 0.3 is 0 Å². The van der Waals surface area contributed by atoms with Crippen LogP contribution in [0.15, 0.2) is 24.3 Å². The van der Waals surface area contributed by atoms with Gasteiger partial charge in [-0.05, 0) is 44.4 Å². The van der Waals surface area contributed by atoms with Crippen molar-refractivity contribution >= 4 is 0 Å². The van der Waals surface area contributed by atoms with Gasteiger partial charge in [0.05, 0.1) is 6.10 Å². The summed E-state index contributed by atoms with van der Waals surface area (Å²) >= 11 is 0. The summed E-state index contributed by atoms with van der Waals surface area (Å²) < 4.78 is 5.67. The van der Waals surface area contributed by atoms with E-state index in [9.17, 15) is 5.11 Å². The van der Waals surface area contributed by atoms with Gasteiger partial charge in [0, 0.05) is 25.7 Å². The van der Waals surface area contributed by atoms with Gasteiger partial charge in [0.25, 0.3) is 0 Å². The molecule has 1 unspecified atom stereocenters. The first-order valence-corrected chi connectivity index (χ1v) is 6.85. The molecule has 100 valence electrons. The first-order valence-electron chi connectivity index (χ1n) is 6.85. The molecule has 0 aliphatic carbocycles. The van der Waals surface area contributed by atoms with Crippen LogP contribution in [0.4, 0.5) is 0 Å². The van der Waals surface area contributed by atoms with Gasteiger partial charge in [-0.15, -0.1) is 0 Å². The number of likely N-dealkylation sites (tertiary alicyclic amines) is 1. The van der Waals surface area contributed by atoms with E-state index in [2.05, 4.69) is 24.8 Å². The smallest absolute Gasteiger partial charge is 0.115 e. The van der Waals surface area contributed by atoms with Crippen LogP contribution >= 0.6 is 0 Å². The zero-order chi connectivity index (χ0) is 13.0. The molecule has 0 aromatic heterocycles. The number of phenolic OH excluding ortho intramolecular Hbond substituents is 1. The second-order valence-corrected chi connectivity index (χ2v) is 4.96. The molecule has 0 radical (unpaired) electrons. The lowest BCUT2D eigenvalue weighted by Gasteiger charge is -2.36. The lowest BCUT2D eigenvalue weighted by Crippen LogP contribution is -2.38. The standard InChI is InChI=1S/C15H23NO2/c1-3-18-15-7-9-16(10-8-15)12(2)13-5-4-6-14(17)11-13/h4-6,11-12,15,17H,3,7-10H2,1-2H3. The van der Waals surface area contributed by atoms with Gasteiger partial charge in [-0.25, -0.2) is 0 Å². The van der Waals surface area contributed by atoms with Gasteiger partial charge in [-0.3, -0.25) is 4.90 Å². The number of nitrogens with zero attached hydrogens (tertiary/aromatic N) is 1. The number of ether oxygens (including phenoxy) is 1. The first kappa shape index (κ1) is 13.4. The maximum atomic E-state index is 9.53. The Labute approximate surface area is 109 Å². The van der Waals surface area contributed by atoms with E-state index in [1.807, 2.05) is 12.1 Å². The monoisotopic (exact) mass is 249 g/mol. The predicted octanol–water partition coefficient (Wildman–Crippen LogP) is 2.95. The quantitative estimate of drug-likeness (QED) is 0.890. The van der Waals surface area contributed by atoms with Gasteiger partial charge in [0.2, 0.25) is 0 Å². The zero-order valence-electron chi connectivity index (χ0n) is 11.3. The van der Waals surface area contributed by atoms with E-state index in [0.717, 1.165) is 32.5 Å². The van der Waals surface area contributed by atoms with Crippen molar-refractivity contribution in [3.63, 3.8) is 0 Å². The van der Waals surface area contributed by atoms with E-state index in [1.54, 1.807) is 6.07 Å². The average Bonchev–Trinajstić information content (AvgIpc) is 2.39. The predicted molar refractivity (Wildman–Crippen MR) is 72.7 cm³/mol. The topological polar surface area (TPSA) is 32.7 Å². The fourth-order valence-electron chi connectivity index (χ4n) is 2.66. The highest BCUT2D eigenvalue weighted by molar-refractivity contribution is 5.29. The van der Waals surface area contributed by atoms with Crippen LogP contribution in [0.1, 0.15) is 38.3 Å². The number of aromatic hydroxyl groups is 1. The van der Waals surface area contributed by atoms with Crippen LogP contribution in [0.3, 0.4) is 0 Å². The van der Waals surface area contributed by atoms with Crippen LogP contribution in [0.25, 0.3) is 0 Å². The summed E-state index contributed by atoms with van der Waals surface area (Å²) in [5.74, 6) is 0.351. The Balaban J connectivity index is 1.93. The molecule has 0 amide bonds. The molecule has 0 saturated carbocycles. The van der Waals surface area contributed by atoms with E-state index in [1.165, 1.54) is 5.56 Å². The molecule has 1 aliphatic rings. The molecule has 0 spiro atoms. The van der Waals surface area contributed by atoms with E-state index in [-0.39, 0.29) is 0 Å². The minimum atomic E-state index is 0.351. The average molecular weight is 249 g/mol. The second kappa shape index (κ2) is 6.21. The molecule has 18 heavy (non-hydrogen) atoms. The van der Waals surface area contributed by atoms with Crippen molar-refractivity contribution in [2.75, 3.05) is 19.7 Å². The summed E-state index contributed by atoms with van der Waals surface area (Å²) in [4.78, 5) is 2.46. The molecule has 1 aromatic rings. The number of hydrogen-bond donors (Lipinski definition) is 1. The highest BCUT2D eigenvalue weighted by atomic mass is 16.5. The Morgan fingerprint density at radius 1 is 1.39 bits per heavy atom. The molecule has 3 nitrogen and oxygen atoms in total. The third-order valence-electron chi connectivity index (χ3n) is 3.78. The fourth-order valence-corrected chi connectivity index (χ4v) is 2.66. The summed E-state index contributed by atoms with van der Waals surface area (Å²) in [5.41, 5.74) is 1.19. The first-order chi connectivity index (χ1) is 8.70. The largest absolute Gasteiger partial charge is 0.508 e. The minimum absolute atomic E-state index is 0.351. The lowest BCUT2D eigenvalue weighted by atomic mass is 10.0. The Kier molecular flexibility index (Phi) is 4.61. The Morgan fingerprint density at radius 3 is 2.72 bits per heavy atom. The van der Waals surface area contributed by atoms with Crippen LogP contribution in [0.2, 0.25) is 0 Å². The van der Waals surface area contributed by atoms with Crippen molar-refractivity contribution in [2.45, 2.75) is 38.8 Å². The number of rotatable bonds is 4. The van der Waals surface area contributed by atoms with Crippen LogP contribution in [-0.2, 0) is 4.74 Å². The van der Waals surface area contributed by atoms with E-state index >= 15 is 0 Å². The highest BCUT2D eigenvalue weighted by Gasteiger charge is 2.23. The molecule has 0 bridgehead atoms. The highest BCUT2D eigenvalue weighted by Crippen LogP contribution is 2.26. The van der Waals surface area contributed by atoms with Crippen molar-refractivity contribution in [1.29, 1.82) is 0 Å². The number of piperidine rings is 1. The van der Waals surface area contributed by atoms with Gasteiger partial charge in [0.1, 0.15) is 5.75 Å². The summed E-state index contributed by atoms with van der Waals surface area (Å²) in [7, 11) is 0. The van der Waals surface area contributed by atoms with Gasteiger partial charge in [-0.2, -0.15) is 0 Å². The molecule has 3 heteroatoms. The third-order valence-corrected chi connectivity index (χ3v) is 3.78. The maximum absolute atomic E-state index is 9.53. The molecule has 1 fully saturated rings. The van der Waals surface area contributed by atoms with Crippen molar-refractivity contribution < 1.29 is 9.84 Å². The van der Waals surface area contributed by atoms with E-state index in [0.29, 0.717) is 17.9 Å². The number of phenols is 1. The zero-order valence-corrected chi connectivity index (χ0v) is 11.3. The molecule has 1 N–H and O–H groups in total. The molecule has 1 aromatic carbocycles. The Morgan fingerprint density at radius 2 is 2.11 bits per heavy atom.